The molecular formula is C20H21N3O6S. The number of aromatic nitrogens is 2. The van der Waals surface area contributed by atoms with Crippen LogP contribution in [0.1, 0.15) is 0 Å². The van der Waals surface area contributed by atoms with Crippen LogP contribution in [-0.2, 0) is 4.79 Å². The number of hydrogen-bond donors (Lipinski definition) is 1. The fraction of sp³-hybridized carbons (Fsp3) is 0.250. The van der Waals surface area contributed by atoms with Crippen molar-refractivity contribution >= 4 is 23.4 Å². The molecule has 0 saturated heterocycles. The van der Waals surface area contributed by atoms with Gasteiger partial charge >= 0.3 is 0 Å². The monoisotopic (exact) mass is 431 g/mol. The molecule has 1 aromatic heterocycles. The van der Waals surface area contributed by atoms with E-state index in [4.69, 9.17) is 23.4 Å². The van der Waals surface area contributed by atoms with E-state index >= 15 is 0 Å². The lowest BCUT2D eigenvalue weighted by atomic mass is 10.2. The Balaban J connectivity index is 1.65. The van der Waals surface area contributed by atoms with E-state index in [1.54, 1.807) is 57.7 Å². The highest BCUT2D eigenvalue weighted by atomic mass is 32.2. The van der Waals surface area contributed by atoms with Gasteiger partial charge in [-0.25, -0.2) is 0 Å². The van der Waals surface area contributed by atoms with Gasteiger partial charge in [0.2, 0.25) is 5.91 Å². The summed E-state index contributed by atoms with van der Waals surface area (Å²) in [5.74, 6) is 2.42. The van der Waals surface area contributed by atoms with Crippen LogP contribution in [0.25, 0.3) is 11.5 Å². The van der Waals surface area contributed by atoms with Crippen LogP contribution in [-0.4, -0.2) is 50.3 Å². The van der Waals surface area contributed by atoms with E-state index in [9.17, 15) is 4.79 Å². The molecule has 10 heteroatoms. The van der Waals surface area contributed by atoms with Crippen molar-refractivity contribution in [3.05, 3.63) is 36.4 Å². The van der Waals surface area contributed by atoms with Crippen LogP contribution >= 0.6 is 11.8 Å². The summed E-state index contributed by atoms with van der Waals surface area (Å²) in [6.07, 6.45) is 0. The van der Waals surface area contributed by atoms with Crippen LogP contribution in [0.5, 0.6) is 23.0 Å². The maximum atomic E-state index is 12.3. The Labute approximate surface area is 177 Å². The SMILES string of the molecule is COc1ccc(NC(=O)CSc2nnc(-c3cc(OC)ccc3OC)o2)c(OC)c1. The first-order valence-electron chi connectivity index (χ1n) is 8.78. The molecule has 9 nitrogen and oxygen atoms in total. The number of hydrogen-bond acceptors (Lipinski definition) is 9. The van der Waals surface area contributed by atoms with Crippen molar-refractivity contribution in [1.82, 2.24) is 10.2 Å². The zero-order chi connectivity index (χ0) is 21.5. The Bertz CT molecular complexity index is 1020. The quantitative estimate of drug-likeness (QED) is 0.510. The fourth-order valence-corrected chi connectivity index (χ4v) is 3.14. The maximum Gasteiger partial charge on any atom is 0.277 e. The predicted molar refractivity (Wildman–Crippen MR) is 112 cm³/mol. The Hall–Kier alpha value is -3.40. The van der Waals surface area contributed by atoms with Gasteiger partial charge in [-0.05, 0) is 30.3 Å². The summed E-state index contributed by atoms with van der Waals surface area (Å²) in [5, 5.41) is 11.1. The first-order valence-corrected chi connectivity index (χ1v) is 9.77. The predicted octanol–water partition coefficient (Wildman–Crippen LogP) is 3.50. The van der Waals surface area contributed by atoms with Gasteiger partial charge in [-0.15, -0.1) is 10.2 Å². The second-order valence-electron chi connectivity index (χ2n) is 5.84. The highest BCUT2D eigenvalue weighted by Gasteiger charge is 2.16. The number of anilines is 1. The van der Waals surface area contributed by atoms with Crippen LogP contribution < -0.4 is 24.3 Å². The molecule has 3 rings (SSSR count). The molecular weight excluding hydrogens is 410 g/mol. The van der Waals surface area contributed by atoms with Gasteiger partial charge in [0.1, 0.15) is 23.0 Å². The number of carbonyl (C=O) groups excluding carboxylic acids is 1. The van der Waals surface area contributed by atoms with Gasteiger partial charge in [-0.3, -0.25) is 4.79 Å². The number of thioether (sulfide) groups is 1. The van der Waals surface area contributed by atoms with Crippen molar-refractivity contribution in [2.45, 2.75) is 5.22 Å². The van der Waals surface area contributed by atoms with E-state index in [1.807, 2.05) is 0 Å². The highest BCUT2D eigenvalue weighted by molar-refractivity contribution is 7.99. The van der Waals surface area contributed by atoms with Gasteiger partial charge in [-0.1, -0.05) is 11.8 Å². The Morgan fingerprint density at radius 3 is 2.33 bits per heavy atom. The van der Waals surface area contributed by atoms with Crippen molar-refractivity contribution in [3.63, 3.8) is 0 Å². The van der Waals surface area contributed by atoms with Crippen molar-refractivity contribution in [3.8, 4) is 34.5 Å². The van der Waals surface area contributed by atoms with E-state index in [-0.39, 0.29) is 22.8 Å². The first kappa shape index (κ1) is 21.3. The molecule has 0 spiro atoms. The van der Waals surface area contributed by atoms with E-state index in [1.165, 1.54) is 7.11 Å². The first-order chi connectivity index (χ1) is 14.6. The number of carbonyl (C=O) groups is 1. The molecule has 0 aliphatic heterocycles. The molecule has 0 aliphatic carbocycles. The number of nitrogens with zero attached hydrogens (tertiary/aromatic N) is 2. The van der Waals surface area contributed by atoms with Crippen molar-refractivity contribution in [2.75, 3.05) is 39.5 Å². The van der Waals surface area contributed by atoms with E-state index < -0.39 is 0 Å². The van der Waals surface area contributed by atoms with Crippen molar-refractivity contribution < 1.29 is 28.2 Å². The molecule has 3 aromatic rings. The molecule has 0 saturated carbocycles. The molecule has 2 aromatic carbocycles. The van der Waals surface area contributed by atoms with Crippen LogP contribution in [0.15, 0.2) is 46.0 Å². The van der Waals surface area contributed by atoms with Crippen LogP contribution in [0.4, 0.5) is 5.69 Å². The van der Waals surface area contributed by atoms with Crippen molar-refractivity contribution in [1.29, 1.82) is 0 Å². The van der Waals surface area contributed by atoms with E-state index in [0.29, 0.717) is 34.2 Å². The molecule has 158 valence electrons. The van der Waals surface area contributed by atoms with Gasteiger partial charge < -0.3 is 28.7 Å². The molecule has 1 N–H and O–H groups in total. The third-order valence-electron chi connectivity index (χ3n) is 4.05. The summed E-state index contributed by atoms with van der Waals surface area (Å²) >= 11 is 1.12. The summed E-state index contributed by atoms with van der Waals surface area (Å²) in [5.41, 5.74) is 1.14. The van der Waals surface area contributed by atoms with Gasteiger partial charge in [0, 0.05) is 6.07 Å². The smallest absolute Gasteiger partial charge is 0.277 e. The number of ether oxygens (including phenoxy) is 4. The van der Waals surface area contributed by atoms with Gasteiger partial charge in [0.15, 0.2) is 0 Å². The standard InChI is InChI=1S/C20H21N3O6S/c1-25-12-6-8-16(27-3)14(9-12)19-22-23-20(29-19)30-11-18(24)21-15-7-5-13(26-2)10-17(15)28-4/h5-10H,11H2,1-4H3,(H,21,24). The Morgan fingerprint density at radius 1 is 0.933 bits per heavy atom. The number of rotatable bonds is 9. The minimum atomic E-state index is -0.248. The Morgan fingerprint density at radius 2 is 1.63 bits per heavy atom. The lowest BCUT2D eigenvalue weighted by molar-refractivity contribution is -0.113. The molecule has 0 unspecified atom stereocenters. The number of amides is 1. The topological polar surface area (TPSA) is 105 Å². The fourth-order valence-electron chi connectivity index (χ4n) is 2.57. The third-order valence-corrected chi connectivity index (χ3v) is 4.87. The van der Waals surface area contributed by atoms with Gasteiger partial charge in [0.25, 0.3) is 11.1 Å². The Kier molecular flexibility index (Phi) is 7.02. The number of methoxy groups -OCH3 is 4. The molecule has 1 amide bonds. The average molecular weight is 431 g/mol. The largest absolute Gasteiger partial charge is 0.497 e. The van der Waals surface area contributed by atoms with Crippen LogP contribution in [0.3, 0.4) is 0 Å². The summed E-state index contributed by atoms with van der Waals surface area (Å²) in [7, 11) is 6.20. The minimum Gasteiger partial charge on any atom is -0.497 e. The van der Waals surface area contributed by atoms with Gasteiger partial charge in [0.05, 0.1) is 45.4 Å². The second-order valence-corrected chi connectivity index (χ2v) is 6.77. The van der Waals surface area contributed by atoms with Crippen molar-refractivity contribution in [2.24, 2.45) is 0 Å². The molecule has 30 heavy (non-hydrogen) atoms. The van der Waals surface area contributed by atoms with Gasteiger partial charge in [-0.2, -0.15) is 0 Å². The second kappa shape index (κ2) is 9.88. The van der Waals surface area contributed by atoms with E-state index in [0.717, 1.165) is 11.8 Å². The molecule has 0 fully saturated rings. The molecule has 0 atom stereocenters. The lowest BCUT2D eigenvalue weighted by Gasteiger charge is -2.11. The summed E-state index contributed by atoms with van der Waals surface area (Å²) in [4.78, 5) is 12.3. The summed E-state index contributed by atoms with van der Waals surface area (Å²) in [6, 6.07) is 10.4. The molecule has 0 radical (unpaired) electrons. The maximum absolute atomic E-state index is 12.3. The van der Waals surface area contributed by atoms with Crippen LogP contribution in [0.2, 0.25) is 0 Å². The molecule has 0 bridgehead atoms. The zero-order valence-corrected chi connectivity index (χ0v) is 17.7. The zero-order valence-electron chi connectivity index (χ0n) is 16.9. The summed E-state index contributed by atoms with van der Waals surface area (Å²) in [6.45, 7) is 0. The summed E-state index contributed by atoms with van der Waals surface area (Å²) < 4.78 is 26.7. The number of benzene rings is 2. The number of nitrogens with one attached hydrogen (secondary N) is 1. The van der Waals surface area contributed by atoms with Crippen LogP contribution in [0, 0.1) is 0 Å². The lowest BCUT2D eigenvalue weighted by Crippen LogP contribution is -2.14. The molecule has 1 heterocycles. The average Bonchev–Trinajstić information content (AvgIpc) is 3.26. The van der Waals surface area contributed by atoms with E-state index in [2.05, 4.69) is 15.5 Å². The third kappa shape index (κ3) is 4.95. The molecule has 0 aliphatic rings. The normalized spacial score (nSPS) is 10.4. The highest BCUT2D eigenvalue weighted by Crippen LogP contribution is 2.34. The minimum absolute atomic E-state index is 0.0755.